The standard InChI is InChI=1S/C11H16FNS/c1-4-11(2,12)10-6-5-9(7-13-10)8-14-3/h5-7H,4,8H2,1-3H3. The first-order chi connectivity index (χ1) is 6.60. The molecular weight excluding hydrogens is 197 g/mol. The van der Waals surface area contributed by atoms with Gasteiger partial charge in [0.05, 0.1) is 5.69 Å². The molecule has 1 atom stereocenters. The maximum atomic E-state index is 13.8. The normalized spacial score (nSPS) is 15.1. The number of rotatable bonds is 4. The average Bonchev–Trinajstić information content (AvgIpc) is 2.19. The van der Waals surface area contributed by atoms with Crippen LogP contribution in [0, 0.1) is 0 Å². The van der Waals surface area contributed by atoms with Crippen LogP contribution in [0.2, 0.25) is 0 Å². The van der Waals surface area contributed by atoms with Gasteiger partial charge in [0.25, 0.3) is 0 Å². The third-order valence-electron chi connectivity index (χ3n) is 2.33. The zero-order valence-electron chi connectivity index (χ0n) is 8.88. The van der Waals surface area contributed by atoms with E-state index in [1.165, 1.54) is 0 Å². The Morgan fingerprint density at radius 2 is 2.21 bits per heavy atom. The van der Waals surface area contributed by atoms with Crippen LogP contribution < -0.4 is 0 Å². The molecule has 78 valence electrons. The molecule has 1 unspecified atom stereocenters. The van der Waals surface area contributed by atoms with Gasteiger partial charge in [-0.3, -0.25) is 4.98 Å². The zero-order chi connectivity index (χ0) is 10.6. The topological polar surface area (TPSA) is 12.9 Å². The fourth-order valence-corrected chi connectivity index (χ4v) is 1.67. The molecule has 1 aromatic heterocycles. The van der Waals surface area contributed by atoms with Crippen LogP contribution in [0.5, 0.6) is 0 Å². The van der Waals surface area contributed by atoms with Gasteiger partial charge in [-0.2, -0.15) is 11.8 Å². The second kappa shape index (κ2) is 4.78. The van der Waals surface area contributed by atoms with Crippen LogP contribution in [0.1, 0.15) is 31.5 Å². The summed E-state index contributed by atoms with van der Waals surface area (Å²) in [6.07, 6.45) is 4.26. The Hall–Kier alpha value is -0.570. The van der Waals surface area contributed by atoms with Gasteiger partial charge in [-0.25, -0.2) is 4.39 Å². The molecule has 0 fully saturated rings. The number of thioether (sulfide) groups is 1. The summed E-state index contributed by atoms with van der Waals surface area (Å²) in [5, 5.41) is 0. The van der Waals surface area contributed by atoms with Crippen molar-refractivity contribution in [2.45, 2.75) is 31.7 Å². The molecule has 1 rings (SSSR count). The highest BCUT2D eigenvalue weighted by Gasteiger charge is 2.24. The SMILES string of the molecule is CCC(C)(F)c1ccc(CSC)cn1. The van der Waals surface area contributed by atoms with Gasteiger partial charge < -0.3 is 0 Å². The Labute approximate surface area is 89.1 Å². The fraction of sp³-hybridized carbons (Fsp3) is 0.545. The van der Waals surface area contributed by atoms with E-state index >= 15 is 0 Å². The Morgan fingerprint density at radius 3 is 2.64 bits per heavy atom. The molecule has 0 aliphatic rings. The van der Waals surface area contributed by atoms with E-state index < -0.39 is 5.67 Å². The van der Waals surface area contributed by atoms with Crippen molar-refractivity contribution in [1.29, 1.82) is 0 Å². The number of nitrogens with zero attached hydrogens (tertiary/aromatic N) is 1. The molecule has 0 spiro atoms. The van der Waals surface area contributed by atoms with E-state index in [4.69, 9.17) is 0 Å². The maximum absolute atomic E-state index is 13.8. The molecular formula is C11H16FNS. The van der Waals surface area contributed by atoms with Crippen molar-refractivity contribution in [2.75, 3.05) is 6.26 Å². The summed E-state index contributed by atoms with van der Waals surface area (Å²) in [5.74, 6) is 0.933. The minimum absolute atomic E-state index is 0.460. The molecule has 14 heavy (non-hydrogen) atoms. The summed E-state index contributed by atoms with van der Waals surface area (Å²) >= 11 is 1.74. The summed E-state index contributed by atoms with van der Waals surface area (Å²) < 4.78 is 13.8. The molecule has 1 heterocycles. The molecule has 0 saturated carbocycles. The van der Waals surface area contributed by atoms with Crippen molar-refractivity contribution in [3.63, 3.8) is 0 Å². The molecule has 1 aromatic rings. The predicted octanol–water partition coefficient (Wildman–Crippen LogP) is 3.54. The fourth-order valence-electron chi connectivity index (χ4n) is 1.17. The predicted molar refractivity (Wildman–Crippen MR) is 60.2 cm³/mol. The quantitative estimate of drug-likeness (QED) is 0.758. The van der Waals surface area contributed by atoms with Gasteiger partial charge in [0.2, 0.25) is 0 Å². The van der Waals surface area contributed by atoms with Crippen molar-refractivity contribution in [3.8, 4) is 0 Å². The van der Waals surface area contributed by atoms with E-state index in [0.717, 1.165) is 11.3 Å². The first-order valence-electron chi connectivity index (χ1n) is 4.73. The van der Waals surface area contributed by atoms with Gasteiger partial charge >= 0.3 is 0 Å². The van der Waals surface area contributed by atoms with Crippen molar-refractivity contribution >= 4 is 11.8 Å². The lowest BCUT2D eigenvalue weighted by molar-refractivity contribution is 0.179. The third-order valence-corrected chi connectivity index (χ3v) is 2.96. The molecule has 0 saturated heterocycles. The molecule has 0 amide bonds. The second-order valence-electron chi connectivity index (χ2n) is 3.54. The highest BCUT2D eigenvalue weighted by Crippen LogP contribution is 2.27. The summed E-state index contributed by atoms with van der Waals surface area (Å²) in [6, 6.07) is 3.74. The van der Waals surface area contributed by atoms with Crippen molar-refractivity contribution in [3.05, 3.63) is 29.6 Å². The van der Waals surface area contributed by atoms with Crippen LogP contribution >= 0.6 is 11.8 Å². The average molecular weight is 213 g/mol. The first-order valence-corrected chi connectivity index (χ1v) is 6.13. The third kappa shape index (κ3) is 2.71. The lowest BCUT2D eigenvalue weighted by Gasteiger charge is -2.17. The van der Waals surface area contributed by atoms with Crippen LogP contribution in [0.4, 0.5) is 4.39 Å². The second-order valence-corrected chi connectivity index (χ2v) is 4.40. The van der Waals surface area contributed by atoms with E-state index in [0.29, 0.717) is 12.1 Å². The number of alkyl halides is 1. The van der Waals surface area contributed by atoms with Crippen molar-refractivity contribution < 1.29 is 4.39 Å². The Balaban J connectivity index is 2.82. The molecule has 3 heteroatoms. The van der Waals surface area contributed by atoms with Crippen LogP contribution in [-0.4, -0.2) is 11.2 Å². The van der Waals surface area contributed by atoms with Crippen molar-refractivity contribution in [1.82, 2.24) is 4.98 Å². The van der Waals surface area contributed by atoms with Gasteiger partial charge in [-0.05, 0) is 31.2 Å². The summed E-state index contributed by atoms with van der Waals surface area (Å²) in [4.78, 5) is 4.15. The monoisotopic (exact) mass is 213 g/mol. The van der Waals surface area contributed by atoms with E-state index in [-0.39, 0.29) is 0 Å². The number of pyridine rings is 1. The summed E-state index contributed by atoms with van der Waals surface area (Å²) in [5.41, 5.74) is 0.385. The van der Waals surface area contributed by atoms with E-state index in [2.05, 4.69) is 4.98 Å². The number of hydrogen-bond acceptors (Lipinski definition) is 2. The van der Waals surface area contributed by atoms with Crippen LogP contribution in [0.15, 0.2) is 18.3 Å². The Bertz CT molecular complexity index is 282. The van der Waals surface area contributed by atoms with Crippen molar-refractivity contribution in [2.24, 2.45) is 0 Å². The zero-order valence-corrected chi connectivity index (χ0v) is 9.70. The molecule has 0 radical (unpaired) electrons. The number of halogens is 1. The molecule has 0 aliphatic heterocycles. The van der Waals surface area contributed by atoms with Crippen LogP contribution in [0.3, 0.4) is 0 Å². The number of hydrogen-bond donors (Lipinski definition) is 0. The van der Waals surface area contributed by atoms with E-state index in [9.17, 15) is 4.39 Å². The molecule has 0 bridgehead atoms. The smallest absolute Gasteiger partial charge is 0.149 e. The van der Waals surface area contributed by atoms with Gasteiger partial charge in [-0.1, -0.05) is 13.0 Å². The lowest BCUT2D eigenvalue weighted by Crippen LogP contribution is -2.15. The summed E-state index contributed by atoms with van der Waals surface area (Å²) in [7, 11) is 0. The largest absolute Gasteiger partial charge is 0.258 e. The minimum Gasteiger partial charge on any atom is -0.258 e. The van der Waals surface area contributed by atoms with Gasteiger partial charge in [0.1, 0.15) is 5.67 Å². The molecule has 0 aliphatic carbocycles. The molecule has 1 nitrogen and oxygen atoms in total. The highest BCUT2D eigenvalue weighted by molar-refractivity contribution is 7.97. The van der Waals surface area contributed by atoms with E-state index in [1.807, 2.05) is 19.2 Å². The van der Waals surface area contributed by atoms with Gasteiger partial charge in [0.15, 0.2) is 0 Å². The Kier molecular flexibility index (Phi) is 3.93. The van der Waals surface area contributed by atoms with Gasteiger partial charge in [-0.15, -0.1) is 0 Å². The first kappa shape index (κ1) is 11.5. The van der Waals surface area contributed by atoms with E-state index in [1.54, 1.807) is 30.9 Å². The van der Waals surface area contributed by atoms with Crippen LogP contribution in [0.25, 0.3) is 0 Å². The van der Waals surface area contributed by atoms with Crippen LogP contribution in [-0.2, 0) is 11.4 Å². The minimum atomic E-state index is -1.29. The maximum Gasteiger partial charge on any atom is 0.149 e. The Morgan fingerprint density at radius 1 is 1.50 bits per heavy atom. The van der Waals surface area contributed by atoms with Gasteiger partial charge in [0, 0.05) is 11.9 Å². The number of aromatic nitrogens is 1. The molecule has 0 N–H and O–H groups in total. The molecule has 0 aromatic carbocycles. The summed E-state index contributed by atoms with van der Waals surface area (Å²) in [6.45, 7) is 3.40. The highest BCUT2D eigenvalue weighted by atomic mass is 32.2. The lowest BCUT2D eigenvalue weighted by atomic mass is 10.0.